The van der Waals surface area contributed by atoms with Crippen molar-refractivity contribution in [1.82, 2.24) is 13.9 Å². The summed E-state index contributed by atoms with van der Waals surface area (Å²) in [5, 5.41) is 0.0802. The summed E-state index contributed by atoms with van der Waals surface area (Å²) in [6, 6.07) is 0. The molecule has 0 atom stereocenters. The molecule has 0 bridgehead atoms. The van der Waals surface area contributed by atoms with Gasteiger partial charge >= 0.3 is 0 Å². The second-order valence-corrected chi connectivity index (χ2v) is 6.53. The number of nitrogens with two attached hydrogens (primary N) is 1. The van der Waals surface area contributed by atoms with Crippen molar-refractivity contribution in [3.05, 3.63) is 12.0 Å². The number of hydrogen-bond donors (Lipinski definition) is 1. The number of sulfonamides is 1. The number of hydrogen-bond acceptors (Lipinski definition) is 4. The van der Waals surface area contributed by atoms with Crippen LogP contribution in [0.15, 0.2) is 11.2 Å². The van der Waals surface area contributed by atoms with Crippen molar-refractivity contribution in [1.29, 1.82) is 0 Å². The van der Waals surface area contributed by atoms with Crippen molar-refractivity contribution >= 4 is 27.2 Å². The number of aryl methyl sites for hydroxylation is 2. The van der Waals surface area contributed by atoms with E-state index in [1.54, 1.807) is 24.6 Å². The zero-order valence-corrected chi connectivity index (χ0v) is 13.1. The molecule has 1 aromatic heterocycles. The zero-order valence-electron chi connectivity index (χ0n) is 11.5. The minimum Gasteiger partial charge on any atom is -0.393 e. The molecule has 0 spiro atoms. The Labute approximate surface area is 119 Å². The molecule has 1 aromatic rings. The van der Waals surface area contributed by atoms with Crippen LogP contribution in [0.5, 0.6) is 0 Å². The quantitative estimate of drug-likeness (QED) is 0.757. The lowest BCUT2D eigenvalue weighted by Crippen LogP contribution is -2.33. The molecule has 1 heterocycles. The number of nitrogens with zero attached hydrogens (tertiary/aromatic N) is 3. The minimum atomic E-state index is -3.57. The molecule has 0 amide bonds. The van der Waals surface area contributed by atoms with E-state index in [2.05, 4.69) is 4.98 Å². The lowest BCUT2D eigenvalue weighted by molar-refractivity contribution is 0.435. The molecule has 0 aliphatic rings. The van der Waals surface area contributed by atoms with E-state index in [9.17, 15) is 8.42 Å². The Kier molecular flexibility index (Phi) is 5.45. The molecule has 1 rings (SSSR count). The van der Waals surface area contributed by atoms with Crippen molar-refractivity contribution in [2.24, 2.45) is 5.73 Å². The summed E-state index contributed by atoms with van der Waals surface area (Å²) in [4.78, 5) is 4.43. The highest BCUT2D eigenvalue weighted by Gasteiger charge is 2.26. The highest BCUT2D eigenvalue weighted by Crippen LogP contribution is 2.15. The van der Waals surface area contributed by atoms with E-state index in [1.165, 1.54) is 4.31 Å². The Morgan fingerprint density at radius 1 is 1.53 bits per heavy atom. The van der Waals surface area contributed by atoms with Crippen LogP contribution in [-0.4, -0.2) is 40.4 Å². The van der Waals surface area contributed by atoms with Crippen LogP contribution in [0.3, 0.4) is 0 Å². The average Bonchev–Trinajstić information content (AvgIpc) is 2.71. The first-order valence-electron chi connectivity index (χ1n) is 6.15. The van der Waals surface area contributed by atoms with E-state index < -0.39 is 10.0 Å². The maximum Gasteiger partial charge on any atom is 0.262 e. The summed E-state index contributed by atoms with van der Waals surface area (Å²) in [7, 11) is -3.57. The van der Waals surface area contributed by atoms with Crippen molar-refractivity contribution in [3.63, 3.8) is 0 Å². The highest BCUT2D eigenvalue weighted by molar-refractivity contribution is 7.89. The molecular formula is C11H20N4O2S2. The molecule has 0 saturated carbocycles. The van der Waals surface area contributed by atoms with Gasteiger partial charge in [0.15, 0.2) is 5.03 Å². The Hall–Kier alpha value is -0.990. The summed E-state index contributed by atoms with van der Waals surface area (Å²) < 4.78 is 28.0. The van der Waals surface area contributed by atoms with Crippen LogP contribution >= 0.6 is 12.2 Å². The fourth-order valence-corrected chi connectivity index (χ4v) is 3.27. The molecule has 0 saturated heterocycles. The lowest BCUT2D eigenvalue weighted by Gasteiger charge is -2.18. The Morgan fingerprint density at radius 3 is 2.58 bits per heavy atom. The Balaban J connectivity index is 3.02. The predicted octanol–water partition coefficient (Wildman–Crippen LogP) is 0.898. The molecular weight excluding hydrogens is 284 g/mol. The van der Waals surface area contributed by atoms with Crippen LogP contribution < -0.4 is 5.73 Å². The summed E-state index contributed by atoms with van der Waals surface area (Å²) in [5.74, 6) is 0.687. The third-order valence-electron chi connectivity index (χ3n) is 2.86. The smallest absolute Gasteiger partial charge is 0.262 e. The van der Waals surface area contributed by atoms with Gasteiger partial charge in [-0.15, -0.1) is 0 Å². The summed E-state index contributed by atoms with van der Waals surface area (Å²) in [5.41, 5.74) is 5.42. The van der Waals surface area contributed by atoms with Gasteiger partial charge in [-0.1, -0.05) is 19.1 Å². The summed E-state index contributed by atoms with van der Waals surface area (Å²) in [6.07, 6.45) is 1.93. The van der Waals surface area contributed by atoms with E-state index in [0.717, 1.165) is 0 Å². The largest absolute Gasteiger partial charge is 0.393 e. The van der Waals surface area contributed by atoms with E-state index in [1.807, 2.05) is 6.92 Å². The number of thiocarbonyl (C=S) groups is 1. The van der Waals surface area contributed by atoms with Crippen molar-refractivity contribution < 1.29 is 8.42 Å². The van der Waals surface area contributed by atoms with Gasteiger partial charge in [-0.25, -0.2) is 13.4 Å². The van der Waals surface area contributed by atoms with Crippen LogP contribution in [0.4, 0.5) is 0 Å². The van der Waals surface area contributed by atoms with Gasteiger partial charge in [-0.05, 0) is 13.8 Å². The van der Waals surface area contributed by atoms with Crippen LogP contribution in [0.2, 0.25) is 0 Å². The van der Waals surface area contributed by atoms with Gasteiger partial charge in [-0.3, -0.25) is 0 Å². The summed E-state index contributed by atoms with van der Waals surface area (Å²) in [6.45, 7) is 6.84. The third kappa shape index (κ3) is 3.74. The van der Waals surface area contributed by atoms with Gasteiger partial charge in [0.05, 0.1) is 4.99 Å². The third-order valence-corrected chi connectivity index (χ3v) is 4.91. The number of rotatable bonds is 7. The van der Waals surface area contributed by atoms with Crippen molar-refractivity contribution in [3.8, 4) is 0 Å². The van der Waals surface area contributed by atoms with Crippen LogP contribution in [0.25, 0.3) is 0 Å². The summed E-state index contributed by atoms with van der Waals surface area (Å²) >= 11 is 4.78. The number of imidazole rings is 1. The van der Waals surface area contributed by atoms with E-state index in [4.69, 9.17) is 18.0 Å². The Bertz CT molecular complexity index is 551. The molecule has 0 fully saturated rings. The fraction of sp³-hybridized carbons (Fsp3) is 0.636. The minimum absolute atomic E-state index is 0.0802. The zero-order chi connectivity index (χ0) is 14.6. The predicted molar refractivity (Wildman–Crippen MR) is 78.5 cm³/mol. The van der Waals surface area contributed by atoms with Gasteiger partial charge in [0.1, 0.15) is 5.82 Å². The Morgan fingerprint density at radius 2 is 2.16 bits per heavy atom. The maximum atomic E-state index is 12.4. The molecule has 0 aromatic carbocycles. The normalized spacial score (nSPS) is 12.0. The number of aromatic nitrogens is 2. The monoisotopic (exact) mass is 304 g/mol. The molecule has 2 N–H and O–H groups in total. The highest BCUT2D eigenvalue weighted by atomic mass is 32.2. The van der Waals surface area contributed by atoms with Crippen molar-refractivity contribution in [2.45, 2.75) is 38.8 Å². The molecule has 8 heteroatoms. The van der Waals surface area contributed by atoms with Gasteiger partial charge in [0.2, 0.25) is 0 Å². The first-order chi connectivity index (χ1) is 8.82. The van der Waals surface area contributed by atoms with Gasteiger partial charge < -0.3 is 10.3 Å². The second kappa shape index (κ2) is 6.44. The van der Waals surface area contributed by atoms with E-state index in [0.29, 0.717) is 30.3 Å². The van der Waals surface area contributed by atoms with Crippen LogP contribution in [-0.2, 0) is 16.6 Å². The molecule has 0 unspecified atom stereocenters. The van der Waals surface area contributed by atoms with Gasteiger partial charge in [0, 0.05) is 32.3 Å². The molecule has 108 valence electrons. The first-order valence-corrected chi connectivity index (χ1v) is 8.00. The first kappa shape index (κ1) is 16.1. The molecule has 19 heavy (non-hydrogen) atoms. The SMILES string of the molecule is CCN(CCC(N)=S)S(=O)(=O)c1cn(CC)c(C)n1. The molecule has 0 radical (unpaired) electrons. The average molecular weight is 304 g/mol. The lowest BCUT2D eigenvalue weighted by atomic mass is 10.4. The second-order valence-electron chi connectivity index (χ2n) is 4.13. The van der Waals surface area contributed by atoms with Crippen LogP contribution in [0, 0.1) is 6.92 Å². The molecule has 0 aliphatic carbocycles. The fourth-order valence-electron chi connectivity index (χ4n) is 1.74. The standard InChI is InChI=1S/C11H20N4O2S2/c1-4-14-8-11(13-9(14)3)19(16,17)15(5-2)7-6-10(12)18/h8H,4-7H2,1-3H3,(H2,12,18). The molecule has 6 nitrogen and oxygen atoms in total. The van der Waals surface area contributed by atoms with Gasteiger partial charge in [0.25, 0.3) is 10.0 Å². The maximum absolute atomic E-state index is 12.4. The van der Waals surface area contributed by atoms with Crippen molar-refractivity contribution in [2.75, 3.05) is 13.1 Å². The van der Waals surface area contributed by atoms with Crippen LogP contribution in [0.1, 0.15) is 26.1 Å². The van der Waals surface area contributed by atoms with E-state index in [-0.39, 0.29) is 11.6 Å². The topological polar surface area (TPSA) is 81.2 Å². The molecule has 0 aliphatic heterocycles. The van der Waals surface area contributed by atoms with Gasteiger partial charge in [-0.2, -0.15) is 4.31 Å². The van der Waals surface area contributed by atoms with E-state index >= 15 is 0 Å².